The number of carbonyl (C=O) groups excluding carboxylic acids is 2. The van der Waals surface area contributed by atoms with Crippen LogP contribution in [-0.4, -0.2) is 35.4 Å². The van der Waals surface area contributed by atoms with Crippen LogP contribution in [0.5, 0.6) is 0 Å². The van der Waals surface area contributed by atoms with Crippen molar-refractivity contribution in [1.82, 2.24) is 5.32 Å². The SMILES string of the molecule is N=C(N)Nc1cccc(C(=O)NCC(=O)Nc2cccc(CCC(=O)O)c2)c1. The molecule has 0 heterocycles. The summed E-state index contributed by atoms with van der Waals surface area (Å²) in [5.41, 5.74) is 7.37. The number of nitrogens with two attached hydrogens (primary N) is 1. The van der Waals surface area contributed by atoms with Crippen molar-refractivity contribution in [3.8, 4) is 0 Å². The third-order valence-electron chi connectivity index (χ3n) is 3.65. The maximum absolute atomic E-state index is 12.2. The lowest BCUT2D eigenvalue weighted by Crippen LogP contribution is -2.33. The second kappa shape index (κ2) is 9.72. The molecule has 2 amide bonds. The average molecular weight is 383 g/mol. The van der Waals surface area contributed by atoms with Gasteiger partial charge in [-0.05, 0) is 42.3 Å². The van der Waals surface area contributed by atoms with E-state index in [2.05, 4.69) is 16.0 Å². The van der Waals surface area contributed by atoms with E-state index in [0.29, 0.717) is 23.4 Å². The number of hydrogen-bond donors (Lipinski definition) is 6. The van der Waals surface area contributed by atoms with Crippen LogP contribution < -0.4 is 21.7 Å². The minimum atomic E-state index is -0.889. The van der Waals surface area contributed by atoms with Crippen LogP contribution >= 0.6 is 0 Å². The Morgan fingerprint density at radius 1 is 1.00 bits per heavy atom. The second-order valence-corrected chi connectivity index (χ2v) is 5.94. The summed E-state index contributed by atoms with van der Waals surface area (Å²) in [5, 5.41) is 23.7. The molecule has 0 saturated heterocycles. The minimum absolute atomic E-state index is 0.00497. The van der Waals surface area contributed by atoms with E-state index >= 15 is 0 Å². The number of anilines is 2. The van der Waals surface area contributed by atoms with Crippen LogP contribution in [0.4, 0.5) is 11.4 Å². The molecule has 9 nitrogen and oxygen atoms in total. The number of carboxylic acid groups (broad SMARTS) is 1. The van der Waals surface area contributed by atoms with E-state index in [4.69, 9.17) is 16.2 Å². The normalized spacial score (nSPS) is 10.0. The summed E-state index contributed by atoms with van der Waals surface area (Å²) in [6.45, 7) is -0.234. The van der Waals surface area contributed by atoms with Gasteiger partial charge in [-0.1, -0.05) is 18.2 Å². The van der Waals surface area contributed by atoms with E-state index in [0.717, 1.165) is 5.56 Å². The molecular weight excluding hydrogens is 362 g/mol. The van der Waals surface area contributed by atoms with Gasteiger partial charge in [0, 0.05) is 23.4 Å². The van der Waals surface area contributed by atoms with Crippen LogP contribution in [0.1, 0.15) is 22.3 Å². The molecule has 0 unspecified atom stereocenters. The number of guanidine groups is 1. The predicted octanol–water partition coefficient (Wildman–Crippen LogP) is 1.38. The van der Waals surface area contributed by atoms with Gasteiger partial charge in [0.1, 0.15) is 0 Å². The van der Waals surface area contributed by atoms with Crippen LogP contribution in [0.2, 0.25) is 0 Å². The maximum Gasteiger partial charge on any atom is 0.303 e. The molecule has 0 bridgehead atoms. The number of aryl methyl sites for hydroxylation is 1. The van der Waals surface area contributed by atoms with Gasteiger partial charge in [0.05, 0.1) is 6.54 Å². The predicted molar refractivity (Wildman–Crippen MR) is 105 cm³/mol. The van der Waals surface area contributed by atoms with Crippen molar-refractivity contribution >= 4 is 35.1 Å². The van der Waals surface area contributed by atoms with Crippen LogP contribution in [0.15, 0.2) is 48.5 Å². The Hall–Kier alpha value is -3.88. The summed E-state index contributed by atoms with van der Waals surface area (Å²) in [6, 6.07) is 13.2. The zero-order valence-corrected chi connectivity index (χ0v) is 15.0. The first-order valence-corrected chi connectivity index (χ1v) is 8.43. The lowest BCUT2D eigenvalue weighted by Gasteiger charge is -2.09. The topological polar surface area (TPSA) is 157 Å². The van der Waals surface area contributed by atoms with Crippen LogP contribution in [0.25, 0.3) is 0 Å². The van der Waals surface area contributed by atoms with Gasteiger partial charge in [-0.2, -0.15) is 0 Å². The lowest BCUT2D eigenvalue weighted by atomic mass is 10.1. The molecule has 0 fully saturated rings. The van der Waals surface area contributed by atoms with Gasteiger partial charge in [0.25, 0.3) is 5.91 Å². The van der Waals surface area contributed by atoms with E-state index in [9.17, 15) is 14.4 Å². The van der Waals surface area contributed by atoms with Crippen molar-refractivity contribution in [3.05, 3.63) is 59.7 Å². The fraction of sp³-hybridized carbons (Fsp3) is 0.158. The van der Waals surface area contributed by atoms with E-state index < -0.39 is 17.8 Å². The molecule has 2 aromatic rings. The molecule has 0 radical (unpaired) electrons. The highest BCUT2D eigenvalue weighted by Gasteiger charge is 2.10. The average Bonchev–Trinajstić information content (AvgIpc) is 2.64. The molecule has 28 heavy (non-hydrogen) atoms. The molecule has 0 aliphatic rings. The number of amides is 2. The molecule has 2 rings (SSSR count). The lowest BCUT2D eigenvalue weighted by molar-refractivity contribution is -0.137. The largest absolute Gasteiger partial charge is 0.481 e. The van der Waals surface area contributed by atoms with Crippen molar-refractivity contribution in [1.29, 1.82) is 5.41 Å². The summed E-state index contributed by atoms with van der Waals surface area (Å²) in [7, 11) is 0. The van der Waals surface area contributed by atoms with Gasteiger partial charge >= 0.3 is 5.97 Å². The van der Waals surface area contributed by atoms with Gasteiger partial charge in [-0.25, -0.2) is 0 Å². The Labute approximate surface area is 161 Å². The number of carboxylic acids is 1. The quantitative estimate of drug-likeness (QED) is 0.298. The summed E-state index contributed by atoms with van der Waals surface area (Å²) in [4.78, 5) is 34.9. The van der Waals surface area contributed by atoms with Crippen molar-refractivity contribution in [3.63, 3.8) is 0 Å². The monoisotopic (exact) mass is 383 g/mol. The number of benzene rings is 2. The third kappa shape index (κ3) is 6.79. The maximum atomic E-state index is 12.2. The highest BCUT2D eigenvalue weighted by molar-refractivity contribution is 6.00. The van der Waals surface area contributed by atoms with Crippen LogP contribution in [-0.2, 0) is 16.0 Å². The van der Waals surface area contributed by atoms with Gasteiger partial charge in [-0.15, -0.1) is 0 Å². The molecule has 7 N–H and O–H groups in total. The molecule has 0 atom stereocenters. The highest BCUT2D eigenvalue weighted by atomic mass is 16.4. The Morgan fingerprint density at radius 2 is 1.68 bits per heavy atom. The highest BCUT2D eigenvalue weighted by Crippen LogP contribution is 2.13. The van der Waals surface area contributed by atoms with Crippen molar-refractivity contribution in [2.24, 2.45) is 5.73 Å². The smallest absolute Gasteiger partial charge is 0.303 e. The van der Waals surface area contributed by atoms with Gasteiger partial charge in [0.15, 0.2) is 5.96 Å². The van der Waals surface area contributed by atoms with Crippen LogP contribution in [0.3, 0.4) is 0 Å². The third-order valence-corrected chi connectivity index (χ3v) is 3.65. The summed E-state index contributed by atoms with van der Waals surface area (Å²) < 4.78 is 0. The fourth-order valence-electron chi connectivity index (χ4n) is 2.42. The first-order valence-electron chi connectivity index (χ1n) is 8.43. The summed E-state index contributed by atoms with van der Waals surface area (Å²) >= 11 is 0. The molecule has 0 aliphatic heterocycles. The van der Waals surface area contributed by atoms with Crippen molar-refractivity contribution < 1.29 is 19.5 Å². The van der Waals surface area contributed by atoms with Gasteiger partial charge in [-0.3, -0.25) is 19.8 Å². The Bertz CT molecular complexity index is 897. The van der Waals surface area contributed by atoms with E-state index in [-0.39, 0.29) is 18.9 Å². The molecule has 9 heteroatoms. The molecule has 0 saturated carbocycles. The fourth-order valence-corrected chi connectivity index (χ4v) is 2.42. The number of hydrogen-bond acceptors (Lipinski definition) is 4. The second-order valence-electron chi connectivity index (χ2n) is 5.94. The van der Waals surface area contributed by atoms with E-state index in [1.54, 1.807) is 42.5 Å². The van der Waals surface area contributed by atoms with Gasteiger partial charge < -0.3 is 26.8 Å². The van der Waals surface area contributed by atoms with Crippen molar-refractivity contribution in [2.75, 3.05) is 17.2 Å². The van der Waals surface area contributed by atoms with Crippen molar-refractivity contribution in [2.45, 2.75) is 12.8 Å². The standard InChI is InChI=1S/C19H21N5O4/c20-19(21)24-15-6-2-4-13(10-15)18(28)22-11-16(25)23-14-5-1-3-12(9-14)7-8-17(26)27/h1-6,9-10H,7-8,11H2,(H,22,28)(H,23,25)(H,26,27)(H4,20,21,24). The van der Waals surface area contributed by atoms with E-state index in [1.807, 2.05) is 0 Å². The first-order chi connectivity index (χ1) is 13.3. The number of rotatable bonds is 8. The zero-order chi connectivity index (χ0) is 20.5. The van der Waals surface area contributed by atoms with Gasteiger partial charge in [0.2, 0.25) is 5.91 Å². The Morgan fingerprint density at radius 3 is 2.36 bits per heavy atom. The number of carbonyl (C=O) groups is 3. The summed E-state index contributed by atoms with van der Waals surface area (Å²) in [5.74, 6) is -2.00. The van der Waals surface area contributed by atoms with E-state index in [1.165, 1.54) is 6.07 Å². The molecule has 0 spiro atoms. The number of aliphatic carboxylic acids is 1. The van der Waals surface area contributed by atoms with Crippen LogP contribution in [0, 0.1) is 5.41 Å². The minimum Gasteiger partial charge on any atom is -0.481 e. The molecule has 0 aromatic heterocycles. The molecule has 146 valence electrons. The molecule has 2 aromatic carbocycles. The number of nitrogens with one attached hydrogen (secondary N) is 4. The summed E-state index contributed by atoms with van der Waals surface area (Å²) in [6.07, 6.45) is 0.366. The Balaban J connectivity index is 1.88. The Kier molecular flexibility index (Phi) is 7.09. The first kappa shape index (κ1) is 20.4. The zero-order valence-electron chi connectivity index (χ0n) is 15.0. The molecular formula is C19H21N5O4. The molecule has 0 aliphatic carbocycles.